The van der Waals surface area contributed by atoms with E-state index in [-0.39, 0.29) is 25.7 Å². The van der Waals surface area contributed by atoms with Crippen molar-refractivity contribution in [3.8, 4) is 0 Å². The van der Waals surface area contributed by atoms with Gasteiger partial charge in [-0.05, 0) is 70.6 Å². The van der Waals surface area contributed by atoms with Crippen LogP contribution in [-0.4, -0.2) is 82.3 Å². The first kappa shape index (κ1) is 54.3. The van der Waals surface area contributed by atoms with Crippen molar-refractivity contribution in [1.82, 2.24) is 0 Å². The number of phosphoric ester groups is 1. The summed E-state index contributed by atoms with van der Waals surface area (Å²) in [6.07, 6.45) is 39.8. The summed E-state index contributed by atoms with van der Waals surface area (Å²) in [7, 11) is -4.80. The van der Waals surface area contributed by atoms with E-state index in [4.69, 9.17) is 24.8 Å². The molecule has 0 saturated carbocycles. The van der Waals surface area contributed by atoms with Crippen molar-refractivity contribution in [2.24, 2.45) is 5.73 Å². The number of hydrogen-bond donors (Lipinski definition) is 5. The smallest absolute Gasteiger partial charge is 0.472 e. The van der Waals surface area contributed by atoms with Gasteiger partial charge in [0.15, 0.2) is 6.10 Å². The molecule has 14 heteroatoms. The quantitative estimate of drug-likeness (QED) is 0.0132. The van der Waals surface area contributed by atoms with Crippen molar-refractivity contribution < 1.29 is 57.7 Å². The number of carbonyl (C=O) groups is 3. The minimum atomic E-state index is -4.80. The molecule has 0 spiro atoms. The third-order valence-electron chi connectivity index (χ3n) is 8.02. The Balaban J connectivity index is 4.74. The zero-order chi connectivity index (χ0) is 43.1. The number of carboxylic acid groups (broad SMARTS) is 1. The molecular formula is C44H70NO12P. The Morgan fingerprint density at radius 2 is 1.17 bits per heavy atom. The highest BCUT2D eigenvalue weighted by Crippen LogP contribution is 2.43. The average Bonchev–Trinajstić information content (AvgIpc) is 3.18. The third-order valence-corrected chi connectivity index (χ3v) is 8.97. The van der Waals surface area contributed by atoms with E-state index in [1.165, 1.54) is 0 Å². The standard InChI is InChI=1S/C44H70NO12P/c1-3-5-7-8-9-10-11-12-13-14-15-16-20-23-27-33-42(48)54-35-40(36-55-58(52,53)56-37-41(45)44(50)51)57-43(49)34-28-32-39(47)31-26-22-19-17-18-21-25-30-38(46)29-24-6-4-2/h5,7,9-10,12-13,15-16,18-19,21-22,25-26,30-31,38-41,46-47H,3-4,6,8,11,14,17,20,23-24,27-29,32-37,45H2,1-2H3,(H,50,51)(H,52,53)/b7-5-,10-9-,13-12-,16-15-,21-18-,22-19-,30-25+,31-26+/t38-,39-,40-,41+/m1/s1. The predicted octanol–water partition coefficient (Wildman–Crippen LogP) is 8.44. The number of hydrogen-bond acceptors (Lipinski definition) is 11. The normalized spacial score (nSPS) is 15.8. The van der Waals surface area contributed by atoms with Crippen molar-refractivity contribution in [3.63, 3.8) is 0 Å². The first-order valence-electron chi connectivity index (χ1n) is 20.5. The van der Waals surface area contributed by atoms with Crippen molar-refractivity contribution >= 4 is 25.7 Å². The van der Waals surface area contributed by atoms with Gasteiger partial charge in [-0.3, -0.25) is 23.4 Å². The lowest BCUT2D eigenvalue weighted by Crippen LogP contribution is -2.34. The van der Waals surface area contributed by atoms with Gasteiger partial charge in [0.1, 0.15) is 12.6 Å². The van der Waals surface area contributed by atoms with Crippen molar-refractivity contribution in [1.29, 1.82) is 0 Å². The minimum Gasteiger partial charge on any atom is -0.480 e. The molecule has 0 aliphatic heterocycles. The first-order chi connectivity index (χ1) is 27.9. The van der Waals surface area contributed by atoms with Crippen LogP contribution in [-0.2, 0) is 37.5 Å². The average molecular weight is 836 g/mol. The summed E-state index contributed by atoms with van der Waals surface area (Å²) in [6.45, 7) is 2.28. The number of carbonyl (C=O) groups excluding carboxylic acids is 2. The second-order valence-electron chi connectivity index (χ2n) is 13.4. The number of rotatable bonds is 36. The van der Waals surface area contributed by atoms with Crippen LogP contribution in [0.5, 0.6) is 0 Å². The fraction of sp³-hybridized carbons (Fsp3) is 0.568. The molecule has 0 aromatic rings. The second-order valence-corrected chi connectivity index (χ2v) is 14.9. The Bertz CT molecular complexity index is 1380. The molecule has 6 N–H and O–H groups in total. The zero-order valence-electron chi connectivity index (χ0n) is 34.6. The fourth-order valence-corrected chi connectivity index (χ4v) is 5.52. The molecule has 1 unspecified atom stereocenters. The molecule has 58 heavy (non-hydrogen) atoms. The lowest BCUT2D eigenvalue weighted by atomic mass is 10.1. The van der Waals surface area contributed by atoms with Gasteiger partial charge in [0.25, 0.3) is 0 Å². The molecule has 5 atom stereocenters. The van der Waals surface area contributed by atoms with E-state index in [1.54, 1.807) is 24.3 Å². The summed E-state index contributed by atoms with van der Waals surface area (Å²) >= 11 is 0. The number of esters is 2. The molecule has 0 bridgehead atoms. The summed E-state index contributed by atoms with van der Waals surface area (Å²) in [5.74, 6) is -2.71. The molecule has 0 saturated heterocycles. The van der Waals surface area contributed by atoms with Gasteiger partial charge in [-0.15, -0.1) is 0 Å². The first-order valence-corrected chi connectivity index (χ1v) is 22.0. The molecule has 13 nitrogen and oxygen atoms in total. The maximum atomic E-state index is 12.6. The van der Waals surface area contributed by atoms with Gasteiger partial charge >= 0.3 is 25.7 Å². The van der Waals surface area contributed by atoms with Gasteiger partial charge in [-0.2, -0.15) is 0 Å². The summed E-state index contributed by atoms with van der Waals surface area (Å²) in [6, 6.07) is -1.57. The number of nitrogens with two attached hydrogens (primary N) is 1. The van der Waals surface area contributed by atoms with Crippen LogP contribution in [0, 0.1) is 0 Å². The highest BCUT2D eigenvalue weighted by atomic mass is 31.2. The molecule has 0 aromatic heterocycles. The van der Waals surface area contributed by atoms with Crippen LogP contribution in [0.4, 0.5) is 0 Å². The third kappa shape index (κ3) is 36.6. The fourth-order valence-electron chi connectivity index (χ4n) is 4.74. The number of aliphatic carboxylic acids is 1. The van der Waals surface area contributed by atoms with E-state index in [0.29, 0.717) is 12.8 Å². The van der Waals surface area contributed by atoms with E-state index in [0.717, 1.165) is 64.2 Å². The van der Waals surface area contributed by atoms with Crippen LogP contribution in [0.2, 0.25) is 0 Å². The van der Waals surface area contributed by atoms with E-state index < -0.39 is 69.9 Å². The van der Waals surface area contributed by atoms with E-state index in [9.17, 15) is 34.1 Å². The summed E-state index contributed by atoms with van der Waals surface area (Å²) < 4.78 is 32.4. The largest absolute Gasteiger partial charge is 0.480 e. The van der Waals surface area contributed by atoms with Gasteiger partial charge < -0.3 is 35.4 Å². The molecule has 328 valence electrons. The number of aliphatic hydroxyl groups excluding tert-OH is 2. The predicted molar refractivity (Wildman–Crippen MR) is 229 cm³/mol. The number of aliphatic hydroxyl groups is 2. The molecule has 0 aliphatic rings. The Morgan fingerprint density at radius 1 is 0.638 bits per heavy atom. The van der Waals surface area contributed by atoms with E-state index in [2.05, 4.69) is 67.0 Å². The SMILES string of the molecule is CC/C=C\C/C=C\C/C=C\C/C=C\CCCCC(=O)OC[C@H](COP(=O)(O)OC[C@H](N)C(=O)O)OC(=O)CCC[C@H](O)/C=C/C=C\C/C=C\C=C\[C@H](O)CCCCC. The maximum absolute atomic E-state index is 12.6. The van der Waals surface area contributed by atoms with E-state index >= 15 is 0 Å². The molecule has 0 aromatic carbocycles. The van der Waals surface area contributed by atoms with Crippen LogP contribution < -0.4 is 5.73 Å². The van der Waals surface area contributed by atoms with Gasteiger partial charge in [-0.1, -0.05) is 130 Å². The molecule has 0 amide bonds. The van der Waals surface area contributed by atoms with E-state index in [1.807, 2.05) is 24.3 Å². The monoisotopic (exact) mass is 835 g/mol. The van der Waals surface area contributed by atoms with Crippen LogP contribution >= 0.6 is 7.82 Å². The van der Waals surface area contributed by atoms with Crippen LogP contribution in [0.1, 0.15) is 117 Å². The lowest BCUT2D eigenvalue weighted by molar-refractivity contribution is -0.161. The zero-order valence-corrected chi connectivity index (χ0v) is 35.5. The van der Waals surface area contributed by atoms with Crippen molar-refractivity contribution in [2.45, 2.75) is 141 Å². The summed E-state index contributed by atoms with van der Waals surface area (Å²) in [4.78, 5) is 45.9. The van der Waals surface area contributed by atoms with Crippen molar-refractivity contribution in [3.05, 3.63) is 97.2 Å². The molecule has 0 radical (unpaired) electrons. The van der Waals surface area contributed by atoms with Crippen LogP contribution in [0.25, 0.3) is 0 Å². The summed E-state index contributed by atoms with van der Waals surface area (Å²) in [5, 5.41) is 29.0. The maximum Gasteiger partial charge on any atom is 0.472 e. The Hall–Kier alpha value is -3.68. The molecule has 0 rings (SSSR count). The Morgan fingerprint density at radius 3 is 1.76 bits per heavy atom. The highest BCUT2D eigenvalue weighted by molar-refractivity contribution is 7.47. The molecule has 0 aliphatic carbocycles. The number of allylic oxidation sites excluding steroid dienone is 14. The highest BCUT2D eigenvalue weighted by Gasteiger charge is 2.28. The topological polar surface area (TPSA) is 212 Å². The van der Waals surface area contributed by atoms with Gasteiger partial charge in [0, 0.05) is 12.8 Å². The summed E-state index contributed by atoms with van der Waals surface area (Å²) in [5.41, 5.74) is 5.31. The Kier molecular flexibility index (Phi) is 35.2. The number of ether oxygens (including phenoxy) is 2. The van der Waals surface area contributed by atoms with Gasteiger partial charge in [-0.25, -0.2) is 4.57 Å². The number of unbranched alkanes of at least 4 members (excludes halogenated alkanes) is 4. The Labute approximate surface area is 346 Å². The number of phosphoric acid groups is 1. The van der Waals surface area contributed by atoms with Crippen LogP contribution in [0.15, 0.2) is 97.2 Å². The second kappa shape index (κ2) is 37.6. The lowest BCUT2D eigenvalue weighted by Gasteiger charge is -2.20. The van der Waals surface area contributed by atoms with Crippen molar-refractivity contribution in [2.75, 3.05) is 19.8 Å². The minimum absolute atomic E-state index is 0.102. The molecular weight excluding hydrogens is 765 g/mol. The van der Waals surface area contributed by atoms with Gasteiger partial charge in [0.05, 0.1) is 25.4 Å². The molecule has 0 heterocycles. The molecule has 0 fully saturated rings. The number of carboxylic acids is 1. The van der Waals surface area contributed by atoms with Crippen LogP contribution in [0.3, 0.4) is 0 Å². The van der Waals surface area contributed by atoms with Gasteiger partial charge in [0.2, 0.25) is 0 Å².